The van der Waals surface area contributed by atoms with Crippen molar-refractivity contribution in [3.63, 3.8) is 0 Å². The van der Waals surface area contributed by atoms with Crippen LogP contribution in [0.4, 0.5) is 14.5 Å². The highest BCUT2D eigenvalue weighted by Crippen LogP contribution is 2.38. The molecule has 3 aromatic carbocycles. The number of fused-ring (bicyclic) bond motifs is 1. The SMILES string of the molecule is COc1ccc(Cn2nc(C3CCNCC3)c3c(Oc4ccc(NC(=O)c5ccnn(-c6ccc(F)cc6)c5=O)cc4F)ccnc32)cc1. The van der Waals surface area contributed by atoms with Gasteiger partial charge in [-0.05, 0) is 92.2 Å². The van der Waals surface area contributed by atoms with Gasteiger partial charge in [0.2, 0.25) is 0 Å². The summed E-state index contributed by atoms with van der Waals surface area (Å²) in [5, 5.41) is 15.7. The van der Waals surface area contributed by atoms with Crippen LogP contribution in [0.3, 0.4) is 0 Å². The van der Waals surface area contributed by atoms with Crippen molar-refractivity contribution in [3.05, 3.63) is 130 Å². The average Bonchev–Trinajstić information content (AvgIpc) is 3.49. The fraction of sp³-hybridized carbons (Fsp3) is 0.194. The molecule has 4 heterocycles. The Morgan fingerprint density at radius 3 is 2.47 bits per heavy atom. The van der Waals surface area contributed by atoms with Gasteiger partial charge in [0.05, 0.1) is 30.4 Å². The minimum absolute atomic E-state index is 0.0627. The second-order valence-corrected chi connectivity index (χ2v) is 11.6. The Morgan fingerprint density at radius 2 is 1.73 bits per heavy atom. The van der Waals surface area contributed by atoms with Gasteiger partial charge in [-0.3, -0.25) is 9.59 Å². The summed E-state index contributed by atoms with van der Waals surface area (Å²) in [6.45, 7) is 2.18. The van der Waals surface area contributed by atoms with E-state index in [0.717, 1.165) is 59.1 Å². The van der Waals surface area contributed by atoms with E-state index in [1.165, 1.54) is 48.7 Å². The van der Waals surface area contributed by atoms with Crippen molar-refractivity contribution in [1.29, 1.82) is 0 Å². The molecule has 0 spiro atoms. The summed E-state index contributed by atoms with van der Waals surface area (Å²) < 4.78 is 43.2. The van der Waals surface area contributed by atoms with Crippen LogP contribution in [0.1, 0.15) is 40.4 Å². The molecule has 1 amide bonds. The standard InChI is InChI=1S/C36H31F2N7O4/c1-48-27-9-2-22(3-10-27)21-44-34-32(33(43-44)23-12-16-39-17-13-23)31(15-18-40-34)49-30-11-6-25(20-29(30)38)42-35(46)28-14-19-41-45(36(28)47)26-7-4-24(37)5-8-26/h2-11,14-15,18-20,23,39H,12-13,16-17,21H2,1H3,(H,42,46). The molecule has 1 fully saturated rings. The maximum atomic E-state index is 15.6. The van der Waals surface area contributed by atoms with E-state index in [1.54, 1.807) is 19.4 Å². The largest absolute Gasteiger partial charge is 0.497 e. The molecule has 6 aromatic rings. The van der Waals surface area contributed by atoms with E-state index in [-0.39, 0.29) is 28.6 Å². The van der Waals surface area contributed by atoms with Crippen molar-refractivity contribution in [2.75, 3.05) is 25.5 Å². The zero-order valence-corrected chi connectivity index (χ0v) is 26.4. The molecule has 7 rings (SSSR count). The fourth-order valence-corrected chi connectivity index (χ4v) is 5.91. The van der Waals surface area contributed by atoms with Gasteiger partial charge in [0.1, 0.15) is 22.9 Å². The molecular weight excluding hydrogens is 632 g/mol. The molecule has 0 radical (unpaired) electrons. The number of nitrogens with zero attached hydrogens (tertiary/aromatic N) is 5. The van der Waals surface area contributed by atoms with E-state index in [4.69, 9.17) is 14.6 Å². The van der Waals surface area contributed by atoms with Gasteiger partial charge < -0.3 is 20.1 Å². The highest BCUT2D eigenvalue weighted by atomic mass is 19.1. The Hall–Kier alpha value is -5.95. The third-order valence-corrected chi connectivity index (χ3v) is 8.41. The lowest BCUT2D eigenvalue weighted by molar-refractivity contribution is 0.102. The lowest BCUT2D eigenvalue weighted by Crippen LogP contribution is -2.29. The second-order valence-electron chi connectivity index (χ2n) is 11.6. The van der Waals surface area contributed by atoms with Crippen LogP contribution in [0.5, 0.6) is 17.2 Å². The first-order valence-electron chi connectivity index (χ1n) is 15.7. The smallest absolute Gasteiger partial charge is 0.284 e. The number of ether oxygens (including phenoxy) is 2. The molecule has 0 atom stereocenters. The normalized spacial score (nSPS) is 13.4. The van der Waals surface area contributed by atoms with Crippen LogP contribution in [0.25, 0.3) is 16.7 Å². The molecule has 0 unspecified atom stereocenters. The lowest BCUT2D eigenvalue weighted by Gasteiger charge is -2.21. The van der Waals surface area contributed by atoms with E-state index < -0.39 is 23.1 Å². The molecule has 0 aliphatic carbocycles. The molecular formula is C36H31F2N7O4. The van der Waals surface area contributed by atoms with E-state index in [1.807, 2.05) is 28.9 Å². The predicted octanol–water partition coefficient (Wildman–Crippen LogP) is 5.82. The molecule has 1 aliphatic rings. The molecule has 2 N–H and O–H groups in total. The van der Waals surface area contributed by atoms with E-state index in [2.05, 4.69) is 20.7 Å². The van der Waals surface area contributed by atoms with Crippen LogP contribution >= 0.6 is 0 Å². The van der Waals surface area contributed by atoms with Crippen molar-refractivity contribution in [2.45, 2.75) is 25.3 Å². The first kappa shape index (κ1) is 31.6. The minimum Gasteiger partial charge on any atom is -0.497 e. The zero-order chi connectivity index (χ0) is 33.9. The molecule has 3 aromatic heterocycles. The monoisotopic (exact) mass is 663 g/mol. The van der Waals surface area contributed by atoms with Gasteiger partial charge in [-0.1, -0.05) is 12.1 Å². The van der Waals surface area contributed by atoms with Crippen LogP contribution in [-0.2, 0) is 6.54 Å². The third-order valence-electron chi connectivity index (χ3n) is 8.41. The number of anilines is 1. The number of hydrogen-bond donors (Lipinski definition) is 2. The van der Waals surface area contributed by atoms with Crippen molar-refractivity contribution in [1.82, 2.24) is 29.9 Å². The number of hydrogen-bond acceptors (Lipinski definition) is 8. The Balaban J connectivity index is 1.15. The zero-order valence-electron chi connectivity index (χ0n) is 26.4. The van der Waals surface area contributed by atoms with Gasteiger partial charge in [0.15, 0.2) is 17.2 Å². The van der Waals surface area contributed by atoms with Crippen LogP contribution in [0.2, 0.25) is 0 Å². The molecule has 49 heavy (non-hydrogen) atoms. The number of halogens is 2. The number of piperidine rings is 1. The van der Waals surface area contributed by atoms with Crippen LogP contribution in [0.15, 0.2) is 96.1 Å². The number of rotatable bonds is 9. The van der Waals surface area contributed by atoms with Crippen molar-refractivity contribution >= 4 is 22.6 Å². The fourth-order valence-electron chi connectivity index (χ4n) is 5.91. The summed E-state index contributed by atoms with van der Waals surface area (Å²) in [6.07, 6.45) is 4.66. The van der Waals surface area contributed by atoms with E-state index in [0.29, 0.717) is 17.9 Å². The number of carbonyl (C=O) groups is 1. The lowest BCUT2D eigenvalue weighted by atomic mass is 9.93. The number of carbonyl (C=O) groups excluding carboxylic acids is 1. The summed E-state index contributed by atoms with van der Waals surface area (Å²) >= 11 is 0. The highest BCUT2D eigenvalue weighted by Gasteiger charge is 2.26. The summed E-state index contributed by atoms with van der Waals surface area (Å²) in [4.78, 5) is 30.7. The number of benzene rings is 3. The Bertz CT molecular complexity index is 2200. The summed E-state index contributed by atoms with van der Waals surface area (Å²) in [7, 11) is 1.62. The highest BCUT2D eigenvalue weighted by molar-refractivity contribution is 6.04. The van der Waals surface area contributed by atoms with E-state index in [9.17, 15) is 14.0 Å². The van der Waals surface area contributed by atoms with Gasteiger partial charge in [0, 0.05) is 30.1 Å². The van der Waals surface area contributed by atoms with Gasteiger partial charge in [-0.2, -0.15) is 14.9 Å². The quantitative estimate of drug-likeness (QED) is 0.198. The Kier molecular flexibility index (Phi) is 8.81. The van der Waals surface area contributed by atoms with Gasteiger partial charge in [0.25, 0.3) is 11.5 Å². The minimum atomic E-state index is -0.761. The summed E-state index contributed by atoms with van der Waals surface area (Å²) in [6, 6.07) is 19.8. The molecule has 1 aliphatic heterocycles. The topological polar surface area (TPSA) is 125 Å². The predicted molar refractivity (Wildman–Crippen MR) is 179 cm³/mol. The van der Waals surface area contributed by atoms with Crippen molar-refractivity contribution in [3.8, 4) is 22.9 Å². The number of aromatic nitrogens is 5. The second kappa shape index (κ2) is 13.6. The van der Waals surface area contributed by atoms with Crippen molar-refractivity contribution in [2.24, 2.45) is 0 Å². The first-order chi connectivity index (χ1) is 23.9. The number of nitrogens with one attached hydrogen (secondary N) is 2. The molecule has 1 saturated heterocycles. The number of amides is 1. The summed E-state index contributed by atoms with van der Waals surface area (Å²) in [5.74, 6) is -0.696. The van der Waals surface area contributed by atoms with Gasteiger partial charge in [-0.15, -0.1) is 0 Å². The summed E-state index contributed by atoms with van der Waals surface area (Å²) in [5.41, 5.74) is 1.94. The number of pyridine rings is 1. The van der Waals surface area contributed by atoms with Crippen LogP contribution in [-0.4, -0.2) is 50.7 Å². The maximum absolute atomic E-state index is 15.6. The first-order valence-corrected chi connectivity index (χ1v) is 15.7. The maximum Gasteiger partial charge on any atom is 0.284 e. The molecule has 13 heteroatoms. The van der Waals surface area contributed by atoms with Crippen LogP contribution < -0.4 is 25.7 Å². The van der Waals surface area contributed by atoms with Crippen LogP contribution in [0, 0.1) is 11.6 Å². The van der Waals surface area contributed by atoms with Gasteiger partial charge >= 0.3 is 0 Å². The number of methoxy groups -OCH3 is 1. The Morgan fingerprint density at radius 1 is 0.959 bits per heavy atom. The Labute approximate surface area is 279 Å². The van der Waals surface area contributed by atoms with Gasteiger partial charge in [-0.25, -0.2) is 18.4 Å². The molecule has 11 nitrogen and oxygen atoms in total. The molecule has 0 bridgehead atoms. The van der Waals surface area contributed by atoms with E-state index >= 15 is 4.39 Å². The van der Waals surface area contributed by atoms with Crippen molar-refractivity contribution < 1.29 is 23.0 Å². The molecule has 0 saturated carbocycles. The molecule has 248 valence electrons. The third kappa shape index (κ3) is 6.61. The average molecular weight is 664 g/mol.